The molecule has 0 aliphatic carbocycles. The summed E-state index contributed by atoms with van der Waals surface area (Å²) in [4.78, 5) is 17.2. The lowest BCUT2D eigenvalue weighted by Gasteiger charge is -2.37. The zero-order valence-corrected chi connectivity index (χ0v) is 17.8. The summed E-state index contributed by atoms with van der Waals surface area (Å²) >= 11 is 0. The van der Waals surface area contributed by atoms with Gasteiger partial charge in [-0.25, -0.2) is 0 Å². The number of halogens is 2. The molecule has 1 aromatic rings. The molecule has 7 heteroatoms. The Kier molecular flexibility index (Phi) is 11.3. The number of carbonyl (C=O) groups excluding carboxylic acids is 1. The molecule has 5 nitrogen and oxygen atoms in total. The monoisotopic (exact) mass is 417 g/mol. The Hall–Kier alpha value is -0.850. The van der Waals surface area contributed by atoms with Crippen LogP contribution in [-0.4, -0.2) is 67.7 Å². The molecule has 1 atom stereocenters. The summed E-state index contributed by atoms with van der Waals surface area (Å²) in [6.07, 6.45) is 1.89. The van der Waals surface area contributed by atoms with Crippen molar-refractivity contribution in [2.45, 2.75) is 32.4 Å². The third-order valence-electron chi connectivity index (χ3n) is 5.28. The van der Waals surface area contributed by atoms with E-state index in [1.807, 2.05) is 11.0 Å². The highest BCUT2D eigenvalue weighted by Gasteiger charge is 2.32. The van der Waals surface area contributed by atoms with Gasteiger partial charge in [-0.2, -0.15) is 0 Å². The van der Waals surface area contributed by atoms with Gasteiger partial charge in [0.25, 0.3) is 5.91 Å². The number of benzene rings is 1. The van der Waals surface area contributed by atoms with E-state index in [-0.39, 0.29) is 36.8 Å². The van der Waals surface area contributed by atoms with Gasteiger partial charge >= 0.3 is 0 Å². The van der Waals surface area contributed by atoms with Gasteiger partial charge in [-0.15, -0.1) is 24.8 Å². The molecule has 2 fully saturated rings. The minimum Gasteiger partial charge on any atom is -0.366 e. The van der Waals surface area contributed by atoms with Crippen LogP contribution in [0.15, 0.2) is 30.3 Å². The van der Waals surface area contributed by atoms with Crippen LogP contribution < -0.4 is 5.32 Å². The summed E-state index contributed by atoms with van der Waals surface area (Å²) in [7, 11) is 0. The summed E-state index contributed by atoms with van der Waals surface area (Å²) < 4.78 is 5.81. The summed E-state index contributed by atoms with van der Waals surface area (Å²) in [6.45, 7) is 9.09. The van der Waals surface area contributed by atoms with Crippen LogP contribution in [0.25, 0.3) is 0 Å². The van der Waals surface area contributed by atoms with Crippen molar-refractivity contribution in [1.82, 2.24) is 15.1 Å². The topological polar surface area (TPSA) is 44.8 Å². The van der Waals surface area contributed by atoms with Gasteiger partial charge in [-0.1, -0.05) is 37.3 Å². The van der Waals surface area contributed by atoms with E-state index in [0.717, 1.165) is 52.1 Å². The minimum absolute atomic E-state index is 0. The van der Waals surface area contributed by atoms with Gasteiger partial charge in [0.05, 0.1) is 6.61 Å². The SMILES string of the molecule is CCNCC1CCN(C(=O)C2CN(Cc3ccccc3)CCO2)CC1.Cl.Cl. The van der Waals surface area contributed by atoms with Crippen LogP contribution >= 0.6 is 24.8 Å². The van der Waals surface area contributed by atoms with Gasteiger partial charge in [-0.3, -0.25) is 9.69 Å². The fourth-order valence-corrected chi connectivity index (χ4v) is 3.75. The molecule has 1 unspecified atom stereocenters. The number of hydrogen-bond acceptors (Lipinski definition) is 4. The van der Waals surface area contributed by atoms with Crippen molar-refractivity contribution in [2.75, 3.05) is 45.9 Å². The minimum atomic E-state index is -0.303. The van der Waals surface area contributed by atoms with E-state index in [2.05, 4.69) is 41.4 Å². The molecule has 27 heavy (non-hydrogen) atoms. The zero-order chi connectivity index (χ0) is 17.5. The molecular formula is C20H33Cl2N3O2. The number of amides is 1. The fraction of sp³-hybridized carbons (Fsp3) is 0.650. The first kappa shape index (κ1) is 24.2. The first-order chi connectivity index (χ1) is 12.3. The standard InChI is InChI=1S/C20H31N3O2.2ClH/c1-2-21-14-17-8-10-23(11-9-17)20(24)19-16-22(12-13-25-19)15-18-6-4-3-5-7-18;;/h3-7,17,19,21H,2,8-16H2,1H3;2*1H. The largest absolute Gasteiger partial charge is 0.366 e. The van der Waals surface area contributed by atoms with Crippen molar-refractivity contribution in [3.8, 4) is 0 Å². The van der Waals surface area contributed by atoms with Crippen molar-refractivity contribution in [2.24, 2.45) is 5.92 Å². The van der Waals surface area contributed by atoms with E-state index in [0.29, 0.717) is 19.1 Å². The molecule has 1 N–H and O–H groups in total. The van der Waals surface area contributed by atoms with Crippen molar-refractivity contribution in [3.05, 3.63) is 35.9 Å². The molecule has 3 rings (SSSR count). The average molecular weight is 418 g/mol. The summed E-state index contributed by atoms with van der Waals surface area (Å²) in [5.41, 5.74) is 1.29. The Morgan fingerprint density at radius 2 is 1.85 bits per heavy atom. The number of piperidine rings is 1. The van der Waals surface area contributed by atoms with Gasteiger partial charge in [-0.05, 0) is 37.4 Å². The molecule has 2 aliphatic heterocycles. The fourth-order valence-electron chi connectivity index (χ4n) is 3.75. The van der Waals surface area contributed by atoms with Crippen LogP contribution in [0, 0.1) is 5.92 Å². The van der Waals surface area contributed by atoms with Crippen molar-refractivity contribution >= 4 is 30.7 Å². The molecule has 0 saturated carbocycles. The number of ether oxygens (including phenoxy) is 1. The molecule has 0 radical (unpaired) electrons. The number of rotatable bonds is 6. The molecule has 2 saturated heterocycles. The molecule has 0 bridgehead atoms. The highest BCUT2D eigenvalue weighted by molar-refractivity contribution is 5.85. The maximum atomic E-state index is 12.8. The van der Waals surface area contributed by atoms with Crippen molar-refractivity contribution < 1.29 is 9.53 Å². The van der Waals surface area contributed by atoms with Crippen LogP contribution in [0.3, 0.4) is 0 Å². The van der Waals surface area contributed by atoms with Crippen LogP contribution in [0.2, 0.25) is 0 Å². The summed E-state index contributed by atoms with van der Waals surface area (Å²) in [6, 6.07) is 10.4. The van der Waals surface area contributed by atoms with Crippen LogP contribution in [-0.2, 0) is 16.1 Å². The molecule has 2 heterocycles. The molecule has 1 amide bonds. The second-order valence-electron chi connectivity index (χ2n) is 7.16. The third kappa shape index (κ3) is 7.24. The average Bonchev–Trinajstić information content (AvgIpc) is 2.67. The third-order valence-corrected chi connectivity index (χ3v) is 5.28. The van der Waals surface area contributed by atoms with E-state index in [9.17, 15) is 4.79 Å². The van der Waals surface area contributed by atoms with Crippen LogP contribution in [0.5, 0.6) is 0 Å². The maximum Gasteiger partial charge on any atom is 0.253 e. The zero-order valence-electron chi connectivity index (χ0n) is 16.1. The normalized spacial score (nSPS) is 21.2. The summed E-state index contributed by atoms with van der Waals surface area (Å²) in [5, 5.41) is 3.42. The Labute approximate surface area is 175 Å². The van der Waals surface area contributed by atoms with Crippen molar-refractivity contribution in [3.63, 3.8) is 0 Å². The Balaban J connectivity index is 0.00000182. The van der Waals surface area contributed by atoms with E-state index in [1.165, 1.54) is 5.56 Å². The van der Waals surface area contributed by atoms with Crippen LogP contribution in [0.1, 0.15) is 25.3 Å². The van der Waals surface area contributed by atoms with E-state index in [1.54, 1.807) is 0 Å². The molecule has 1 aromatic carbocycles. The molecular weight excluding hydrogens is 385 g/mol. The Morgan fingerprint density at radius 3 is 2.52 bits per heavy atom. The lowest BCUT2D eigenvalue weighted by atomic mass is 9.96. The molecule has 2 aliphatic rings. The number of hydrogen-bond donors (Lipinski definition) is 1. The second kappa shape index (κ2) is 12.6. The quantitative estimate of drug-likeness (QED) is 0.772. The van der Waals surface area contributed by atoms with Crippen LogP contribution in [0.4, 0.5) is 0 Å². The molecule has 154 valence electrons. The molecule has 0 spiro atoms. The van der Waals surface area contributed by atoms with Gasteiger partial charge in [0, 0.05) is 32.7 Å². The first-order valence-corrected chi connectivity index (χ1v) is 9.63. The smallest absolute Gasteiger partial charge is 0.253 e. The van der Waals surface area contributed by atoms with E-state index < -0.39 is 0 Å². The van der Waals surface area contributed by atoms with Crippen molar-refractivity contribution in [1.29, 1.82) is 0 Å². The summed E-state index contributed by atoms with van der Waals surface area (Å²) in [5.74, 6) is 0.880. The van der Waals surface area contributed by atoms with Gasteiger partial charge < -0.3 is 15.0 Å². The van der Waals surface area contributed by atoms with E-state index >= 15 is 0 Å². The van der Waals surface area contributed by atoms with E-state index in [4.69, 9.17) is 4.74 Å². The second-order valence-corrected chi connectivity index (χ2v) is 7.16. The number of carbonyl (C=O) groups is 1. The number of likely N-dealkylation sites (tertiary alicyclic amines) is 1. The van der Waals surface area contributed by atoms with Gasteiger partial charge in [0.15, 0.2) is 0 Å². The maximum absolute atomic E-state index is 12.8. The Morgan fingerprint density at radius 1 is 1.15 bits per heavy atom. The molecule has 0 aromatic heterocycles. The number of nitrogens with one attached hydrogen (secondary N) is 1. The number of morpholine rings is 1. The van der Waals surface area contributed by atoms with Gasteiger partial charge in [0.1, 0.15) is 6.10 Å². The highest BCUT2D eigenvalue weighted by Crippen LogP contribution is 2.19. The number of nitrogens with zero attached hydrogens (tertiary/aromatic N) is 2. The predicted molar refractivity (Wildman–Crippen MR) is 114 cm³/mol. The van der Waals surface area contributed by atoms with Gasteiger partial charge in [0.2, 0.25) is 0 Å². The lowest BCUT2D eigenvalue weighted by Crippen LogP contribution is -2.52. The Bertz CT molecular complexity index is 539. The highest BCUT2D eigenvalue weighted by atomic mass is 35.5. The lowest BCUT2D eigenvalue weighted by molar-refractivity contribution is -0.151. The first-order valence-electron chi connectivity index (χ1n) is 9.63. The predicted octanol–water partition coefficient (Wildman–Crippen LogP) is 2.58.